The first-order chi connectivity index (χ1) is 11.0. The second kappa shape index (κ2) is 9.14. The highest BCUT2D eigenvalue weighted by molar-refractivity contribution is 6.04. The van der Waals surface area contributed by atoms with Crippen molar-refractivity contribution in [3.05, 3.63) is 65.2 Å². The highest BCUT2D eigenvalue weighted by atomic mass is 16.1. The van der Waals surface area contributed by atoms with Crippen LogP contribution >= 0.6 is 0 Å². The summed E-state index contributed by atoms with van der Waals surface area (Å²) in [6, 6.07) is 15.8. The standard InChI is InChI=1S/C19H23NO.C2H6/c1-13(2)15-5-7-17(8-6-15)19(21)20-18-11-9-16(10-12-18)14(3)4;1-2/h5-14H,1-4H3,(H,20,21);1-2H3. The van der Waals surface area contributed by atoms with Crippen LogP contribution in [0.4, 0.5) is 5.69 Å². The fraction of sp³-hybridized carbons (Fsp3) is 0.381. The third-order valence-electron chi connectivity index (χ3n) is 3.67. The Balaban J connectivity index is 0.00000127. The maximum absolute atomic E-state index is 12.2. The Morgan fingerprint density at radius 2 is 1.13 bits per heavy atom. The third-order valence-corrected chi connectivity index (χ3v) is 3.67. The Morgan fingerprint density at radius 1 is 0.739 bits per heavy atom. The van der Waals surface area contributed by atoms with Gasteiger partial charge >= 0.3 is 0 Å². The van der Waals surface area contributed by atoms with Gasteiger partial charge in [-0.25, -0.2) is 0 Å². The van der Waals surface area contributed by atoms with Crippen LogP contribution in [0.2, 0.25) is 0 Å². The van der Waals surface area contributed by atoms with Crippen LogP contribution in [0.1, 0.15) is 74.9 Å². The minimum Gasteiger partial charge on any atom is -0.322 e. The molecular weight excluding hydrogens is 282 g/mol. The second-order valence-electron chi connectivity index (χ2n) is 6.01. The largest absolute Gasteiger partial charge is 0.322 e. The van der Waals surface area contributed by atoms with E-state index in [1.807, 2.05) is 50.2 Å². The van der Waals surface area contributed by atoms with Gasteiger partial charge in [0, 0.05) is 11.3 Å². The Kier molecular flexibility index (Phi) is 7.53. The molecule has 0 radical (unpaired) electrons. The lowest BCUT2D eigenvalue weighted by atomic mass is 10.0. The number of hydrogen-bond acceptors (Lipinski definition) is 1. The maximum atomic E-state index is 12.2. The predicted molar refractivity (Wildman–Crippen MR) is 100 cm³/mol. The molecule has 0 atom stereocenters. The molecule has 2 rings (SSSR count). The van der Waals surface area contributed by atoms with E-state index >= 15 is 0 Å². The zero-order valence-electron chi connectivity index (χ0n) is 15.2. The lowest BCUT2D eigenvalue weighted by Gasteiger charge is -2.09. The average molecular weight is 311 g/mol. The van der Waals surface area contributed by atoms with E-state index in [9.17, 15) is 4.79 Å². The van der Waals surface area contributed by atoms with Gasteiger partial charge in [-0.1, -0.05) is 65.8 Å². The molecule has 0 aliphatic heterocycles. The van der Waals surface area contributed by atoms with Crippen LogP contribution < -0.4 is 5.32 Å². The minimum absolute atomic E-state index is 0.0670. The molecule has 1 amide bonds. The molecule has 0 saturated heterocycles. The summed E-state index contributed by atoms with van der Waals surface area (Å²) in [7, 11) is 0. The summed E-state index contributed by atoms with van der Waals surface area (Å²) in [4.78, 5) is 12.2. The molecule has 2 heteroatoms. The first kappa shape index (κ1) is 19.0. The van der Waals surface area contributed by atoms with E-state index in [-0.39, 0.29) is 5.91 Å². The lowest BCUT2D eigenvalue weighted by Crippen LogP contribution is -2.11. The van der Waals surface area contributed by atoms with Gasteiger partial charge in [0.25, 0.3) is 5.91 Å². The molecule has 1 N–H and O–H groups in total. The van der Waals surface area contributed by atoms with Gasteiger partial charge in [-0.05, 0) is 47.2 Å². The number of carbonyl (C=O) groups excluding carboxylic acids is 1. The van der Waals surface area contributed by atoms with E-state index in [1.54, 1.807) is 0 Å². The van der Waals surface area contributed by atoms with E-state index in [0.29, 0.717) is 17.4 Å². The molecule has 0 spiro atoms. The van der Waals surface area contributed by atoms with Crippen LogP contribution in [0, 0.1) is 0 Å². The van der Waals surface area contributed by atoms with E-state index in [4.69, 9.17) is 0 Å². The molecular formula is C21H29NO. The van der Waals surface area contributed by atoms with Crippen molar-refractivity contribution < 1.29 is 4.79 Å². The normalized spacial score (nSPS) is 10.3. The molecule has 0 aliphatic rings. The van der Waals surface area contributed by atoms with Gasteiger partial charge in [0.05, 0.1) is 0 Å². The quantitative estimate of drug-likeness (QED) is 0.714. The molecule has 0 saturated carbocycles. The monoisotopic (exact) mass is 311 g/mol. The van der Waals surface area contributed by atoms with Gasteiger partial charge in [-0.2, -0.15) is 0 Å². The lowest BCUT2D eigenvalue weighted by molar-refractivity contribution is 0.102. The van der Waals surface area contributed by atoms with Crippen molar-refractivity contribution in [2.24, 2.45) is 0 Å². The van der Waals surface area contributed by atoms with Crippen molar-refractivity contribution in [2.45, 2.75) is 53.4 Å². The van der Waals surface area contributed by atoms with E-state index in [1.165, 1.54) is 11.1 Å². The van der Waals surface area contributed by atoms with Gasteiger partial charge < -0.3 is 5.32 Å². The summed E-state index contributed by atoms with van der Waals surface area (Å²) in [6.07, 6.45) is 0. The van der Waals surface area contributed by atoms with Crippen LogP contribution in [0.5, 0.6) is 0 Å². The van der Waals surface area contributed by atoms with Crippen molar-refractivity contribution in [1.82, 2.24) is 0 Å². The SMILES string of the molecule is CC.CC(C)c1ccc(NC(=O)c2ccc(C(C)C)cc2)cc1. The highest BCUT2D eigenvalue weighted by Crippen LogP contribution is 2.18. The van der Waals surface area contributed by atoms with Crippen molar-refractivity contribution in [3.63, 3.8) is 0 Å². The Morgan fingerprint density at radius 3 is 1.52 bits per heavy atom. The molecule has 2 aromatic rings. The smallest absolute Gasteiger partial charge is 0.255 e. The van der Waals surface area contributed by atoms with Gasteiger partial charge in [-0.3, -0.25) is 4.79 Å². The van der Waals surface area contributed by atoms with Gasteiger partial charge in [0.1, 0.15) is 0 Å². The summed E-state index contributed by atoms with van der Waals surface area (Å²) in [5, 5.41) is 2.93. The van der Waals surface area contributed by atoms with Crippen LogP contribution in [-0.4, -0.2) is 5.91 Å². The van der Waals surface area contributed by atoms with Crippen molar-refractivity contribution in [2.75, 3.05) is 5.32 Å². The molecule has 2 aromatic carbocycles. The van der Waals surface area contributed by atoms with Crippen LogP contribution in [0.15, 0.2) is 48.5 Å². The number of hydrogen-bond donors (Lipinski definition) is 1. The number of nitrogens with one attached hydrogen (secondary N) is 1. The molecule has 0 unspecified atom stereocenters. The number of amides is 1. The summed E-state index contributed by atoms with van der Waals surface area (Å²) in [6.45, 7) is 12.6. The first-order valence-corrected chi connectivity index (χ1v) is 8.48. The summed E-state index contributed by atoms with van der Waals surface area (Å²) in [5.41, 5.74) is 4.03. The maximum Gasteiger partial charge on any atom is 0.255 e. The Bertz CT molecular complexity index is 595. The number of rotatable bonds is 4. The topological polar surface area (TPSA) is 29.1 Å². The van der Waals surface area contributed by atoms with Crippen molar-refractivity contribution in [1.29, 1.82) is 0 Å². The molecule has 0 bridgehead atoms. The number of carbonyl (C=O) groups is 1. The molecule has 0 aromatic heterocycles. The summed E-state index contributed by atoms with van der Waals surface area (Å²) < 4.78 is 0. The predicted octanol–water partition coefficient (Wildman–Crippen LogP) is 6.21. The fourth-order valence-electron chi connectivity index (χ4n) is 2.17. The van der Waals surface area contributed by atoms with Crippen LogP contribution in [0.25, 0.3) is 0 Å². The van der Waals surface area contributed by atoms with Crippen molar-refractivity contribution >= 4 is 11.6 Å². The molecule has 0 heterocycles. The Hall–Kier alpha value is -2.09. The van der Waals surface area contributed by atoms with E-state index in [2.05, 4.69) is 45.1 Å². The van der Waals surface area contributed by atoms with Gasteiger partial charge in [0.2, 0.25) is 0 Å². The summed E-state index contributed by atoms with van der Waals surface area (Å²) >= 11 is 0. The zero-order chi connectivity index (χ0) is 17.4. The zero-order valence-corrected chi connectivity index (χ0v) is 15.2. The van der Waals surface area contributed by atoms with Crippen LogP contribution in [-0.2, 0) is 0 Å². The highest BCUT2D eigenvalue weighted by Gasteiger charge is 2.07. The Labute approximate surface area is 140 Å². The molecule has 0 fully saturated rings. The van der Waals surface area contributed by atoms with Gasteiger partial charge in [0.15, 0.2) is 0 Å². The first-order valence-electron chi connectivity index (χ1n) is 8.48. The second-order valence-corrected chi connectivity index (χ2v) is 6.01. The fourth-order valence-corrected chi connectivity index (χ4v) is 2.17. The molecule has 0 aliphatic carbocycles. The third kappa shape index (κ3) is 5.55. The number of anilines is 1. The summed E-state index contributed by atoms with van der Waals surface area (Å²) in [5.74, 6) is 0.909. The minimum atomic E-state index is -0.0670. The van der Waals surface area contributed by atoms with Crippen molar-refractivity contribution in [3.8, 4) is 0 Å². The average Bonchev–Trinajstić information content (AvgIpc) is 2.57. The van der Waals surface area contributed by atoms with E-state index < -0.39 is 0 Å². The van der Waals surface area contributed by atoms with Crippen LogP contribution in [0.3, 0.4) is 0 Å². The molecule has 2 nitrogen and oxygen atoms in total. The van der Waals surface area contributed by atoms with E-state index in [0.717, 1.165) is 5.69 Å². The number of benzene rings is 2. The van der Waals surface area contributed by atoms with Gasteiger partial charge in [-0.15, -0.1) is 0 Å². The molecule has 124 valence electrons. The molecule has 23 heavy (non-hydrogen) atoms.